The van der Waals surface area contributed by atoms with Gasteiger partial charge in [0.05, 0.1) is 21.5 Å². The molecule has 0 spiro atoms. The summed E-state index contributed by atoms with van der Waals surface area (Å²) in [5, 5.41) is 10.8. The number of nitrogens with zero attached hydrogens (tertiary/aromatic N) is 1. The number of sulfonamides is 1. The van der Waals surface area contributed by atoms with E-state index in [0.717, 1.165) is 17.4 Å². The van der Waals surface area contributed by atoms with Crippen LogP contribution in [0.5, 0.6) is 5.75 Å². The number of nitrogens with one attached hydrogen (secondary N) is 1. The number of non-ortho nitro benzene ring substituents is 1. The molecule has 0 aliphatic heterocycles. The van der Waals surface area contributed by atoms with Gasteiger partial charge in [0.1, 0.15) is 9.96 Å². The summed E-state index contributed by atoms with van der Waals surface area (Å²) in [5.74, 6) is 0.194. The molecule has 1 aromatic carbocycles. The van der Waals surface area contributed by atoms with Crippen LogP contribution in [-0.4, -0.2) is 20.5 Å². The van der Waals surface area contributed by atoms with Crippen molar-refractivity contribution < 1.29 is 18.1 Å². The van der Waals surface area contributed by atoms with E-state index < -0.39 is 14.9 Å². The van der Waals surface area contributed by atoms with Gasteiger partial charge in [0.25, 0.3) is 15.7 Å². The van der Waals surface area contributed by atoms with E-state index in [-0.39, 0.29) is 21.3 Å². The van der Waals surface area contributed by atoms with Gasteiger partial charge in [-0.2, -0.15) is 0 Å². The summed E-state index contributed by atoms with van der Waals surface area (Å²) < 4.78 is 32.5. The second-order valence-electron chi connectivity index (χ2n) is 3.81. The van der Waals surface area contributed by atoms with E-state index in [4.69, 9.17) is 4.74 Å². The Morgan fingerprint density at radius 2 is 2.05 bits per heavy atom. The van der Waals surface area contributed by atoms with E-state index in [2.05, 4.69) is 20.7 Å². The van der Waals surface area contributed by atoms with Crippen LogP contribution in [0.4, 0.5) is 11.4 Å². The Morgan fingerprint density at radius 3 is 2.57 bits per heavy atom. The monoisotopic (exact) mass is 392 g/mol. The zero-order valence-corrected chi connectivity index (χ0v) is 13.8. The molecule has 0 radical (unpaired) electrons. The highest BCUT2D eigenvalue weighted by Crippen LogP contribution is 2.33. The first-order chi connectivity index (χ1) is 9.83. The predicted molar refractivity (Wildman–Crippen MR) is 82.5 cm³/mol. The molecule has 112 valence electrons. The molecule has 2 rings (SSSR count). The van der Waals surface area contributed by atoms with Gasteiger partial charge in [-0.3, -0.25) is 14.8 Å². The standard InChI is InChI=1S/C11H9BrN2O5S2/c1-19-9-3-2-7(14(15)16)6-8(9)13-21(17,18)11-5-4-10(12)20-11/h2-6,13H,1H3. The highest BCUT2D eigenvalue weighted by molar-refractivity contribution is 9.11. The second-order valence-corrected chi connectivity index (χ2v) is 8.18. The first-order valence-corrected chi connectivity index (χ1v) is 8.53. The zero-order valence-electron chi connectivity index (χ0n) is 10.6. The number of benzene rings is 1. The third-order valence-electron chi connectivity index (χ3n) is 2.45. The maximum absolute atomic E-state index is 12.2. The molecule has 0 amide bonds. The van der Waals surface area contributed by atoms with Crippen molar-refractivity contribution in [2.75, 3.05) is 11.8 Å². The SMILES string of the molecule is COc1ccc([N+](=O)[O-])cc1NS(=O)(=O)c1ccc(Br)s1. The zero-order chi connectivity index (χ0) is 15.6. The summed E-state index contributed by atoms with van der Waals surface area (Å²) in [6, 6.07) is 6.71. The van der Waals surface area contributed by atoms with Crippen LogP contribution in [0.25, 0.3) is 0 Å². The van der Waals surface area contributed by atoms with Gasteiger partial charge in [0, 0.05) is 12.1 Å². The molecule has 0 fully saturated rings. The Balaban J connectivity index is 2.42. The molecule has 1 aromatic heterocycles. The molecule has 0 atom stereocenters. The van der Waals surface area contributed by atoms with Crippen LogP contribution in [-0.2, 0) is 10.0 Å². The van der Waals surface area contributed by atoms with Crippen molar-refractivity contribution in [2.45, 2.75) is 4.21 Å². The van der Waals surface area contributed by atoms with E-state index in [1.165, 1.54) is 25.3 Å². The number of anilines is 1. The van der Waals surface area contributed by atoms with Crippen molar-refractivity contribution in [3.63, 3.8) is 0 Å². The number of nitro groups is 1. The highest BCUT2D eigenvalue weighted by Gasteiger charge is 2.20. The van der Waals surface area contributed by atoms with Gasteiger partial charge in [-0.1, -0.05) is 0 Å². The molecular formula is C11H9BrN2O5S2. The number of methoxy groups -OCH3 is 1. The van der Waals surface area contributed by atoms with Crippen molar-refractivity contribution in [1.29, 1.82) is 0 Å². The third kappa shape index (κ3) is 3.52. The Labute approximate surface area is 132 Å². The molecule has 2 aromatic rings. The predicted octanol–water partition coefficient (Wildman–Crippen LogP) is 3.23. The van der Waals surface area contributed by atoms with Gasteiger partial charge >= 0.3 is 0 Å². The molecule has 1 N–H and O–H groups in total. The molecule has 0 aliphatic rings. The number of thiophene rings is 1. The number of hydrogen-bond acceptors (Lipinski definition) is 6. The Kier molecular flexibility index (Phi) is 4.49. The number of halogens is 1. The molecule has 0 saturated heterocycles. The van der Waals surface area contributed by atoms with Gasteiger partial charge in [0.15, 0.2) is 0 Å². The molecule has 0 bridgehead atoms. The largest absolute Gasteiger partial charge is 0.495 e. The van der Waals surface area contributed by atoms with Crippen molar-refractivity contribution in [2.24, 2.45) is 0 Å². The number of hydrogen-bond donors (Lipinski definition) is 1. The molecular weight excluding hydrogens is 384 g/mol. The molecule has 7 nitrogen and oxygen atoms in total. The molecule has 10 heteroatoms. The van der Waals surface area contributed by atoms with Gasteiger partial charge in [-0.15, -0.1) is 11.3 Å². The van der Waals surface area contributed by atoms with E-state index in [9.17, 15) is 18.5 Å². The van der Waals surface area contributed by atoms with Crippen molar-refractivity contribution in [3.8, 4) is 5.75 Å². The Hall–Kier alpha value is -1.65. The molecule has 0 unspecified atom stereocenters. The fourth-order valence-corrected chi connectivity index (χ4v) is 4.60. The third-order valence-corrected chi connectivity index (χ3v) is 5.93. The molecule has 21 heavy (non-hydrogen) atoms. The summed E-state index contributed by atoms with van der Waals surface area (Å²) in [6.45, 7) is 0. The van der Waals surface area contributed by atoms with Gasteiger partial charge in [-0.25, -0.2) is 8.42 Å². The van der Waals surface area contributed by atoms with Crippen molar-refractivity contribution >= 4 is 48.7 Å². The van der Waals surface area contributed by atoms with Crippen LogP contribution in [0, 0.1) is 10.1 Å². The maximum Gasteiger partial charge on any atom is 0.271 e. The maximum atomic E-state index is 12.2. The topological polar surface area (TPSA) is 98.5 Å². The lowest BCUT2D eigenvalue weighted by atomic mass is 10.2. The average Bonchev–Trinajstić information content (AvgIpc) is 2.85. The van der Waals surface area contributed by atoms with E-state index >= 15 is 0 Å². The first-order valence-electron chi connectivity index (χ1n) is 5.44. The molecule has 0 saturated carbocycles. The van der Waals surface area contributed by atoms with E-state index in [0.29, 0.717) is 3.79 Å². The van der Waals surface area contributed by atoms with Crippen LogP contribution in [0.1, 0.15) is 0 Å². The fourth-order valence-electron chi connectivity index (χ4n) is 1.53. The Morgan fingerprint density at radius 1 is 1.33 bits per heavy atom. The van der Waals surface area contributed by atoms with Crippen molar-refractivity contribution in [1.82, 2.24) is 0 Å². The summed E-state index contributed by atoms with van der Waals surface area (Å²) in [5.41, 5.74) is -0.225. The van der Waals surface area contributed by atoms with Crippen LogP contribution in [0.15, 0.2) is 38.3 Å². The normalized spacial score (nSPS) is 11.1. The summed E-state index contributed by atoms with van der Waals surface area (Å²) in [7, 11) is -2.48. The van der Waals surface area contributed by atoms with E-state index in [1.54, 1.807) is 6.07 Å². The second kappa shape index (κ2) is 6.00. The first kappa shape index (κ1) is 15.7. The quantitative estimate of drug-likeness (QED) is 0.621. The minimum absolute atomic E-state index is 0.0104. The smallest absolute Gasteiger partial charge is 0.271 e. The van der Waals surface area contributed by atoms with Crippen LogP contribution < -0.4 is 9.46 Å². The lowest BCUT2D eigenvalue weighted by molar-refractivity contribution is -0.384. The lowest BCUT2D eigenvalue weighted by Crippen LogP contribution is -2.12. The van der Waals surface area contributed by atoms with Crippen LogP contribution >= 0.6 is 27.3 Å². The average molecular weight is 393 g/mol. The number of nitro benzene ring substituents is 1. The summed E-state index contributed by atoms with van der Waals surface area (Å²) >= 11 is 4.21. The van der Waals surface area contributed by atoms with Crippen molar-refractivity contribution in [3.05, 3.63) is 44.2 Å². The fraction of sp³-hybridized carbons (Fsp3) is 0.0909. The minimum Gasteiger partial charge on any atom is -0.495 e. The van der Waals surface area contributed by atoms with E-state index in [1.807, 2.05) is 0 Å². The number of ether oxygens (including phenoxy) is 1. The minimum atomic E-state index is -3.83. The Bertz CT molecular complexity index is 788. The number of rotatable bonds is 5. The molecule has 1 heterocycles. The summed E-state index contributed by atoms with van der Waals surface area (Å²) in [6.07, 6.45) is 0. The van der Waals surface area contributed by atoms with Crippen LogP contribution in [0.2, 0.25) is 0 Å². The van der Waals surface area contributed by atoms with Gasteiger partial charge < -0.3 is 4.74 Å². The summed E-state index contributed by atoms with van der Waals surface area (Å²) in [4.78, 5) is 10.2. The lowest BCUT2D eigenvalue weighted by Gasteiger charge is -2.10. The van der Waals surface area contributed by atoms with Gasteiger partial charge in [0.2, 0.25) is 0 Å². The highest BCUT2D eigenvalue weighted by atomic mass is 79.9. The van der Waals surface area contributed by atoms with Crippen LogP contribution in [0.3, 0.4) is 0 Å². The van der Waals surface area contributed by atoms with Gasteiger partial charge in [-0.05, 0) is 34.1 Å². The molecule has 0 aliphatic carbocycles.